The molecule has 0 aromatic carbocycles. The van der Waals surface area contributed by atoms with E-state index in [4.69, 9.17) is 4.74 Å². The molecule has 2 heteroatoms. The van der Waals surface area contributed by atoms with Gasteiger partial charge >= 0.3 is 0 Å². The van der Waals surface area contributed by atoms with E-state index in [1.54, 1.807) is 31.0 Å². The fraction of sp³-hybridized carbons (Fsp3) is 1.00. The molecule has 0 aliphatic carbocycles. The van der Waals surface area contributed by atoms with Gasteiger partial charge in [-0.15, -0.1) is 0 Å². The second-order valence-corrected chi connectivity index (χ2v) is 13.0. The number of rotatable bonds is 16. The van der Waals surface area contributed by atoms with Gasteiger partial charge < -0.3 is 4.74 Å². The lowest BCUT2D eigenvalue weighted by Crippen LogP contribution is -2.37. The van der Waals surface area contributed by atoms with E-state index in [1.807, 2.05) is 0 Å². The van der Waals surface area contributed by atoms with Crippen LogP contribution >= 0.6 is 0 Å². The molecular formula is C20H42OSi. The Kier molecular flexibility index (Phi) is 12.5. The molecule has 1 aliphatic heterocycles. The summed E-state index contributed by atoms with van der Waals surface area (Å²) >= 11 is 0. The topological polar surface area (TPSA) is 9.23 Å². The number of hydrogen-bond acceptors (Lipinski definition) is 1. The summed E-state index contributed by atoms with van der Waals surface area (Å²) in [6, 6.07) is 4.91. The minimum atomic E-state index is -0.611. The molecule has 0 radical (unpaired) electrons. The third kappa shape index (κ3) is 10.8. The zero-order valence-corrected chi connectivity index (χ0v) is 16.6. The normalized spacial score (nSPS) is 16.6. The Bertz CT molecular complexity index is 238. The maximum absolute atomic E-state index is 5.51. The number of hydrogen-bond donors (Lipinski definition) is 0. The van der Waals surface area contributed by atoms with E-state index in [0.29, 0.717) is 0 Å². The Morgan fingerprint density at radius 1 is 0.682 bits per heavy atom. The molecule has 1 heterocycles. The van der Waals surface area contributed by atoms with Crippen LogP contribution in [0.1, 0.15) is 90.4 Å². The molecule has 0 amide bonds. The van der Waals surface area contributed by atoms with E-state index in [-0.39, 0.29) is 0 Å². The maximum Gasteiger partial charge on any atom is 0.0504 e. The average molecular weight is 327 g/mol. The summed E-state index contributed by atoms with van der Waals surface area (Å²) in [4.78, 5) is 0. The lowest BCUT2D eigenvalue weighted by molar-refractivity contribution is 0.130. The van der Waals surface area contributed by atoms with Gasteiger partial charge in [0.25, 0.3) is 0 Å². The van der Waals surface area contributed by atoms with Gasteiger partial charge in [-0.2, -0.15) is 0 Å². The average Bonchev–Trinajstić information content (AvgIpc) is 2.49. The summed E-state index contributed by atoms with van der Waals surface area (Å²) in [7, 11) is -0.611. The lowest BCUT2D eigenvalue weighted by atomic mass is 10.1. The Balaban J connectivity index is 1.66. The summed E-state index contributed by atoms with van der Waals surface area (Å²) in [6.45, 7) is 6.74. The van der Waals surface area contributed by atoms with Crippen LogP contribution in [0.25, 0.3) is 0 Å². The van der Waals surface area contributed by atoms with Crippen LogP contribution in [0.15, 0.2) is 0 Å². The first-order valence-corrected chi connectivity index (χ1v) is 13.5. The smallest absolute Gasteiger partial charge is 0.0504 e. The van der Waals surface area contributed by atoms with Crippen LogP contribution in [0, 0.1) is 0 Å². The van der Waals surface area contributed by atoms with Crippen molar-refractivity contribution in [2.45, 2.75) is 115 Å². The SMILES string of the molecule is CCCOCCCCCCCCCCCCC[Si]1(C)CCC1. The predicted octanol–water partition coefficient (Wildman–Crippen LogP) is 7.19. The molecule has 1 nitrogen and oxygen atoms in total. The van der Waals surface area contributed by atoms with E-state index in [1.165, 1.54) is 64.2 Å². The van der Waals surface area contributed by atoms with Gasteiger partial charge in [0, 0.05) is 13.2 Å². The highest BCUT2D eigenvalue weighted by atomic mass is 28.3. The van der Waals surface area contributed by atoms with E-state index in [2.05, 4.69) is 13.5 Å². The van der Waals surface area contributed by atoms with Crippen LogP contribution in [0.2, 0.25) is 24.7 Å². The molecule has 0 atom stereocenters. The third-order valence-electron chi connectivity index (χ3n) is 5.48. The quantitative estimate of drug-likeness (QED) is 0.215. The van der Waals surface area contributed by atoms with Crippen molar-refractivity contribution < 1.29 is 4.74 Å². The highest BCUT2D eigenvalue weighted by molar-refractivity contribution is 6.81. The summed E-state index contributed by atoms with van der Waals surface area (Å²) in [5.41, 5.74) is 0. The number of unbranched alkanes of at least 4 members (excludes halogenated alkanes) is 10. The minimum Gasteiger partial charge on any atom is -0.381 e. The summed E-state index contributed by atoms with van der Waals surface area (Å²) in [5.74, 6) is 0. The molecule has 1 saturated heterocycles. The molecule has 0 spiro atoms. The zero-order chi connectivity index (χ0) is 15.9. The monoisotopic (exact) mass is 326 g/mol. The van der Waals surface area contributed by atoms with E-state index in [0.717, 1.165) is 19.6 Å². The highest BCUT2D eigenvalue weighted by Gasteiger charge is 2.32. The Labute approximate surface area is 141 Å². The lowest BCUT2D eigenvalue weighted by Gasteiger charge is -2.36. The van der Waals surface area contributed by atoms with Gasteiger partial charge in [-0.1, -0.05) is 102 Å². The van der Waals surface area contributed by atoms with Crippen molar-refractivity contribution in [3.8, 4) is 0 Å². The third-order valence-corrected chi connectivity index (χ3v) is 10.2. The van der Waals surface area contributed by atoms with Crippen molar-refractivity contribution in [1.29, 1.82) is 0 Å². The standard InChI is InChI=1S/C20H42OSi/c1-3-16-21-17-13-11-9-7-5-4-6-8-10-12-14-18-22(2)19-15-20-22/h3-20H2,1-2H3. The summed E-state index contributed by atoms with van der Waals surface area (Å²) < 4.78 is 5.51. The Morgan fingerprint density at radius 2 is 1.18 bits per heavy atom. The van der Waals surface area contributed by atoms with E-state index < -0.39 is 8.07 Å². The molecule has 132 valence electrons. The molecule has 0 bridgehead atoms. The Hall–Kier alpha value is 0.177. The zero-order valence-electron chi connectivity index (χ0n) is 15.6. The molecule has 0 aromatic heterocycles. The van der Waals surface area contributed by atoms with Crippen LogP contribution in [-0.4, -0.2) is 21.3 Å². The van der Waals surface area contributed by atoms with Crippen molar-refractivity contribution in [2.24, 2.45) is 0 Å². The fourth-order valence-electron chi connectivity index (χ4n) is 3.62. The van der Waals surface area contributed by atoms with Crippen LogP contribution in [0.3, 0.4) is 0 Å². The van der Waals surface area contributed by atoms with E-state index in [9.17, 15) is 0 Å². The van der Waals surface area contributed by atoms with Crippen LogP contribution in [0.4, 0.5) is 0 Å². The van der Waals surface area contributed by atoms with Crippen molar-refractivity contribution in [3.63, 3.8) is 0 Å². The van der Waals surface area contributed by atoms with Crippen LogP contribution in [0.5, 0.6) is 0 Å². The second kappa shape index (κ2) is 13.6. The first kappa shape index (κ1) is 20.2. The van der Waals surface area contributed by atoms with Crippen molar-refractivity contribution in [2.75, 3.05) is 13.2 Å². The molecule has 0 N–H and O–H groups in total. The summed E-state index contributed by atoms with van der Waals surface area (Å²) in [6.07, 6.45) is 18.7. The van der Waals surface area contributed by atoms with Gasteiger partial charge in [0.2, 0.25) is 0 Å². The maximum atomic E-state index is 5.51. The van der Waals surface area contributed by atoms with Gasteiger partial charge in [-0.05, 0) is 12.8 Å². The van der Waals surface area contributed by atoms with Crippen LogP contribution < -0.4 is 0 Å². The highest BCUT2D eigenvalue weighted by Crippen LogP contribution is 2.36. The summed E-state index contributed by atoms with van der Waals surface area (Å²) in [5, 5.41) is 0. The van der Waals surface area contributed by atoms with E-state index >= 15 is 0 Å². The molecule has 1 rings (SSSR count). The predicted molar refractivity (Wildman–Crippen MR) is 103 cm³/mol. The molecular weight excluding hydrogens is 284 g/mol. The molecule has 1 aliphatic rings. The van der Waals surface area contributed by atoms with Gasteiger partial charge in [-0.25, -0.2) is 0 Å². The van der Waals surface area contributed by atoms with Crippen molar-refractivity contribution in [1.82, 2.24) is 0 Å². The largest absolute Gasteiger partial charge is 0.381 e. The first-order valence-electron chi connectivity index (χ1n) is 10.3. The molecule has 0 aromatic rings. The van der Waals surface area contributed by atoms with Gasteiger partial charge in [-0.3, -0.25) is 0 Å². The van der Waals surface area contributed by atoms with Crippen molar-refractivity contribution in [3.05, 3.63) is 0 Å². The Morgan fingerprint density at radius 3 is 1.64 bits per heavy atom. The molecule has 22 heavy (non-hydrogen) atoms. The fourth-order valence-corrected chi connectivity index (χ4v) is 6.79. The van der Waals surface area contributed by atoms with Crippen LogP contribution in [-0.2, 0) is 4.74 Å². The molecule has 1 fully saturated rings. The number of ether oxygens (including phenoxy) is 1. The van der Waals surface area contributed by atoms with Crippen molar-refractivity contribution >= 4 is 8.07 Å². The van der Waals surface area contributed by atoms with Gasteiger partial charge in [0.15, 0.2) is 0 Å². The van der Waals surface area contributed by atoms with Gasteiger partial charge in [0.1, 0.15) is 0 Å². The minimum absolute atomic E-state index is 0.611. The molecule has 0 saturated carbocycles. The van der Waals surface area contributed by atoms with Gasteiger partial charge in [0.05, 0.1) is 8.07 Å². The first-order chi connectivity index (χ1) is 10.8. The molecule has 0 unspecified atom stereocenters. The second-order valence-electron chi connectivity index (χ2n) is 7.92.